The molecule has 0 radical (unpaired) electrons. The molecule has 1 saturated heterocycles. The maximum absolute atomic E-state index is 13.0. The number of aryl methyl sites for hydroxylation is 1. The Morgan fingerprint density at radius 3 is 3.00 bits per heavy atom. The quantitative estimate of drug-likeness (QED) is 0.794. The summed E-state index contributed by atoms with van der Waals surface area (Å²) in [5.41, 5.74) is 2.94. The molecule has 0 spiro atoms. The number of nitrogens with zero attached hydrogens (tertiary/aromatic N) is 3. The van der Waals surface area contributed by atoms with Crippen LogP contribution in [0.5, 0.6) is 0 Å². The number of hydrogen-bond acceptors (Lipinski definition) is 3. The summed E-state index contributed by atoms with van der Waals surface area (Å²) in [5, 5.41) is 5.34. The molecule has 0 unspecified atom stereocenters. The van der Waals surface area contributed by atoms with Crippen LogP contribution in [-0.2, 0) is 11.8 Å². The molecule has 130 valence electrons. The number of carbonyl (C=O) groups is 1. The van der Waals surface area contributed by atoms with Gasteiger partial charge in [-0.1, -0.05) is 0 Å². The fourth-order valence-corrected chi connectivity index (χ4v) is 3.80. The topological polar surface area (TPSA) is 63.1 Å². The van der Waals surface area contributed by atoms with Crippen LogP contribution in [0.1, 0.15) is 21.8 Å². The fourth-order valence-electron chi connectivity index (χ4n) is 3.80. The molecule has 1 fully saturated rings. The van der Waals surface area contributed by atoms with E-state index in [2.05, 4.69) is 10.1 Å². The van der Waals surface area contributed by atoms with Gasteiger partial charge in [0.2, 0.25) is 0 Å². The van der Waals surface area contributed by atoms with Crippen LogP contribution < -0.4 is 0 Å². The normalized spacial score (nSPS) is 20.5. The number of likely N-dealkylation sites (tertiary alicyclic amines) is 1. The number of H-pyrrole nitrogens is 1. The van der Waals surface area contributed by atoms with E-state index in [0.29, 0.717) is 19.7 Å². The Labute approximate surface area is 146 Å². The van der Waals surface area contributed by atoms with Crippen molar-refractivity contribution in [3.8, 4) is 0 Å². The van der Waals surface area contributed by atoms with Crippen LogP contribution in [0.15, 0.2) is 42.9 Å². The molecule has 0 aliphatic carbocycles. The van der Waals surface area contributed by atoms with Gasteiger partial charge in [-0.15, -0.1) is 0 Å². The third-order valence-corrected chi connectivity index (χ3v) is 5.06. The first-order valence-electron chi connectivity index (χ1n) is 8.49. The number of nitrogens with one attached hydrogen (secondary N) is 1. The number of fused-ring (bicyclic) bond motifs is 1. The van der Waals surface area contributed by atoms with E-state index in [1.54, 1.807) is 7.11 Å². The minimum Gasteiger partial charge on any atom is -0.384 e. The monoisotopic (exact) mass is 338 g/mol. The molecule has 2 aromatic heterocycles. The third kappa shape index (κ3) is 2.93. The Morgan fingerprint density at radius 1 is 1.36 bits per heavy atom. The first-order chi connectivity index (χ1) is 12.2. The van der Waals surface area contributed by atoms with Gasteiger partial charge in [0.15, 0.2) is 0 Å². The average Bonchev–Trinajstić information content (AvgIpc) is 3.32. The van der Waals surface area contributed by atoms with Crippen molar-refractivity contribution < 1.29 is 9.53 Å². The second-order valence-electron chi connectivity index (χ2n) is 6.76. The lowest BCUT2D eigenvalue weighted by molar-refractivity contribution is 0.0775. The van der Waals surface area contributed by atoms with Crippen molar-refractivity contribution in [1.82, 2.24) is 19.7 Å². The summed E-state index contributed by atoms with van der Waals surface area (Å²) in [6, 6.07) is 7.80. The van der Waals surface area contributed by atoms with E-state index in [1.807, 2.05) is 59.5 Å². The molecule has 0 saturated carbocycles. The second-order valence-corrected chi connectivity index (χ2v) is 6.76. The van der Waals surface area contributed by atoms with E-state index in [-0.39, 0.29) is 17.7 Å². The second kappa shape index (κ2) is 6.37. The van der Waals surface area contributed by atoms with Crippen LogP contribution in [0.2, 0.25) is 0 Å². The minimum absolute atomic E-state index is 0.0793. The summed E-state index contributed by atoms with van der Waals surface area (Å²) in [6.45, 7) is 2.04. The largest absolute Gasteiger partial charge is 0.384 e. The molecular weight excluding hydrogens is 316 g/mol. The van der Waals surface area contributed by atoms with Gasteiger partial charge in [0.25, 0.3) is 5.91 Å². The first kappa shape index (κ1) is 15.9. The van der Waals surface area contributed by atoms with Crippen molar-refractivity contribution in [3.63, 3.8) is 0 Å². The molecule has 1 aromatic carbocycles. The highest BCUT2D eigenvalue weighted by molar-refractivity contribution is 5.98. The number of carbonyl (C=O) groups excluding carboxylic acids is 1. The van der Waals surface area contributed by atoms with Crippen LogP contribution in [0.25, 0.3) is 10.9 Å². The van der Waals surface area contributed by atoms with Gasteiger partial charge < -0.3 is 14.6 Å². The summed E-state index contributed by atoms with van der Waals surface area (Å²) < 4.78 is 7.21. The van der Waals surface area contributed by atoms with Crippen LogP contribution in [0, 0.1) is 5.92 Å². The summed E-state index contributed by atoms with van der Waals surface area (Å²) in [6.07, 6.45) is 5.82. The Kier molecular flexibility index (Phi) is 4.05. The molecule has 1 aliphatic rings. The summed E-state index contributed by atoms with van der Waals surface area (Å²) in [4.78, 5) is 18.1. The van der Waals surface area contributed by atoms with Gasteiger partial charge in [0.05, 0.1) is 12.8 Å². The lowest BCUT2D eigenvalue weighted by atomic mass is 9.92. The number of hydrogen-bond donors (Lipinski definition) is 1. The van der Waals surface area contributed by atoms with E-state index in [1.165, 1.54) is 5.56 Å². The number of rotatable bonds is 4. The van der Waals surface area contributed by atoms with Gasteiger partial charge in [0.1, 0.15) is 0 Å². The van der Waals surface area contributed by atoms with Gasteiger partial charge in [-0.2, -0.15) is 5.10 Å². The van der Waals surface area contributed by atoms with E-state index in [9.17, 15) is 4.79 Å². The van der Waals surface area contributed by atoms with Crippen LogP contribution in [-0.4, -0.2) is 52.4 Å². The van der Waals surface area contributed by atoms with Gasteiger partial charge in [-0.05, 0) is 29.8 Å². The minimum atomic E-state index is 0.0793. The van der Waals surface area contributed by atoms with Gasteiger partial charge >= 0.3 is 0 Å². The number of methoxy groups -OCH3 is 1. The van der Waals surface area contributed by atoms with Crippen molar-refractivity contribution in [1.29, 1.82) is 0 Å². The van der Waals surface area contributed by atoms with Gasteiger partial charge in [0, 0.05) is 67.9 Å². The molecule has 6 nitrogen and oxygen atoms in total. The lowest BCUT2D eigenvalue weighted by Gasteiger charge is -2.16. The fraction of sp³-hybridized carbons (Fsp3) is 0.368. The van der Waals surface area contributed by atoms with E-state index >= 15 is 0 Å². The van der Waals surface area contributed by atoms with Crippen LogP contribution >= 0.6 is 0 Å². The highest BCUT2D eigenvalue weighted by Gasteiger charge is 2.37. The van der Waals surface area contributed by atoms with E-state index < -0.39 is 0 Å². The maximum Gasteiger partial charge on any atom is 0.253 e. The van der Waals surface area contributed by atoms with Crippen molar-refractivity contribution in [3.05, 3.63) is 54.0 Å². The molecule has 4 rings (SSSR count). The predicted molar refractivity (Wildman–Crippen MR) is 95.5 cm³/mol. The summed E-state index contributed by atoms with van der Waals surface area (Å²) in [5.74, 6) is 0.623. The highest BCUT2D eigenvalue weighted by Crippen LogP contribution is 2.33. The van der Waals surface area contributed by atoms with Gasteiger partial charge in [-0.25, -0.2) is 0 Å². The SMILES string of the molecule is COC[C@@H]1CN(C(=O)c2ccc3[nH]ccc3c2)C[C@H]1c1cnn(C)c1. The molecule has 25 heavy (non-hydrogen) atoms. The van der Waals surface area contributed by atoms with Crippen molar-refractivity contribution >= 4 is 16.8 Å². The van der Waals surface area contributed by atoms with Crippen molar-refractivity contribution in [2.75, 3.05) is 26.8 Å². The number of ether oxygens (including phenoxy) is 1. The molecule has 3 aromatic rings. The standard InChI is InChI=1S/C19H22N4O2/c1-22-9-15(8-21-22)17-11-23(10-16(17)12-25-2)19(24)14-3-4-18-13(7-14)5-6-20-18/h3-9,16-17,20H,10-12H2,1-2H3/t16-,17-/m0/s1. The zero-order valence-electron chi connectivity index (χ0n) is 14.5. The molecule has 0 bridgehead atoms. The summed E-state index contributed by atoms with van der Waals surface area (Å²) in [7, 11) is 3.63. The highest BCUT2D eigenvalue weighted by atomic mass is 16.5. The Balaban J connectivity index is 1.58. The zero-order valence-corrected chi connectivity index (χ0v) is 14.5. The molecule has 6 heteroatoms. The van der Waals surface area contributed by atoms with Crippen LogP contribution in [0.3, 0.4) is 0 Å². The van der Waals surface area contributed by atoms with E-state index in [0.717, 1.165) is 16.5 Å². The number of amides is 1. The smallest absolute Gasteiger partial charge is 0.253 e. The Bertz CT molecular complexity index is 898. The van der Waals surface area contributed by atoms with Crippen molar-refractivity contribution in [2.45, 2.75) is 5.92 Å². The van der Waals surface area contributed by atoms with E-state index in [4.69, 9.17) is 4.74 Å². The molecular formula is C19H22N4O2. The van der Waals surface area contributed by atoms with Crippen molar-refractivity contribution in [2.24, 2.45) is 13.0 Å². The number of aromatic nitrogens is 3. The molecule has 3 heterocycles. The first-order valence-corrected chi connectivity index (χ1v) is 8.49. The average molecular weight is 338 g/mol. The molecule has 1 amide bonds. The predicted octanol–water partition coefficient (Wildman–Crippen LogP) is 2.40. The molecule has 1 N–H and O–H groups in total. The molecule has 1 aliphatic heterocycles. The number of aromatic amines is 1. The maximum atomic E-state index is 13.0. The molecule has 2 atom stereocenters. The zero-order chi connectivity index (χ0) is 17.4. The number of benzene rings is 1. The Hall–Kier alpha value is -2.60. The lowest BCUT2D eigenvalue weighted by Crippen LogP contribution is -2.29. The van der Waals surface area contributed by atoms with Gasteiger partial charge in [-0.3, -0.25) is 9.48 Å². The summed E-state index contributed by atoms with van der Waals surface area (Å²) >= 11 is 0. The third-order valence-electron chi connectivity index (χ3n) is 5.06. The Morgan fingerprint density at radius 2 is 2.24 bits per heavy atom. The van der Waals surface area contributed by atoms with Crippen LogP contribution in [0.4, 0.5) is 0 Å².